The Bertz CT molecular complexity index is 1650. The van der Waals surface area contributed by atoms with Crippen molar-refractivity contribution in [3.8, 4) is 17.1 Å². The maximum Gasteiger partial charge on any atom is 0.272 e. The molecule has 1 saturated carbocycles. The van der Waals surface area contributed by atoms with E-state index in [1.54, 1.807) is 18.2 Å². The first-order chi connectivity index (χ1) is 20.8. The number of carbonyl (C=O) groups excluding carboxylic acids is 2. The van der Waals surface area contributed by atoms with Crippen LogP contribution in [0.25, 0.3) is 11.4 Å². The number of ether oxygens (including phenoxy) is 1. The molecule has 3 N–H and O–H groups in total. The van der Waals surface area contributed by atoms with Gasteiger partial charge < -0.3 is 25.2 Å². The Kier molecular flexibility index (Phi) is 8.99. The SMILES string of the molecule is [B]C([B])([B])NC(=O)c1nnc(NC(=O)C2CC2)cc1Nc1cccc(-c2noc(CN3CCN(S(C)(=O)=O)CC3)n2)c1OC. The second kappa shape index (κ2) is 12.6. The van der Waals surface area contributed by atoms with Gasteiger partial charge in [-0.15, -0.1) is 10.2 Å². The molecule has 0 unspecified atom stereocenters. The molecule has 5 rings (SSSR count). The number of hydrogen-bond donors (Lipinski definition) is 3. The van der Waals surface area contributed by atoms with Crippen LogP contribution in [-0.4, -0.2) is 118 Å². The minimum Gasteiger partial charge on any atom is -0.494 e. The lowest BCUT2D eigenvalue weighted by molar-refractivity contribution is -0.117. The van der Waals surface area contributed by atoms with Crippen molar-refractivity contribution in [2.45, 2.75) is 24.6 Å². The zero-order valence-electron chi connectivity index (χ0n) is 24.1. The fourth-order valence-electron chi connectivity index (χ4n) is 4.56. The molecule has 0 atom stereocenters. The van der Waals surface area contributed by atoms with Crippen molar-refractivity contribution in [1.82, 2.24) is 34.9 Å². The summed E-state index contributed by atoms with van der Waals surface area (Å²) in [6, 6.07) is 6.58. The summed E-state index contributed by atoms with van der Waals surface area (Å²) >= 11 is 0. The van der Waals surface area contributed by atoms with E-state index in [-0.39, 0.29) is 34.8 Å². The van der Waals surface area contributed by atoms with Gasteiger partial charge in [0, 0.05) is 38.2 Å². The maximum absolute atomic E-state index is 12.9. The fourth-order valence-corrected chi connectivity index (χ4v) is 5.39. The highest BCUT2D eigenvalue weighted by Gasteiger charge is 2.31. The second-order valence-electron chi connectivity index (χ2n) is 10.6. The molecule has 224 valence electrons. The van der Waals surface area contributed by atoms with Gasteiger partial charge in [-0.2, -0.15) is 9.29 Å². The van der Waals surface area contributed by atoms with Crippen molar-refractivity contribution in [3.63, 3.8) is 0 Å². The number of hydrogen-bond acceptors (Lipinski definition) is 12. The molecule has 6 radical (unpaired) electrons. The van der Waals surface area contributed by atoms with Crippen LogP contribution in [0.4, 0.5) is 17.2 Å². The molecule has 44 heavy (non-hydrogen) atoms. The summed E-state index contributed by atoms with van der Waals surface area (Å²) in [6.07, 6.45) is 2.77. The van der Waals surface area contributed by atoms with Gasteiger partial charge in [-0.3, -0.25) is 14.5 Å². The summed E-state index contributed by atoms with van der Waals surface area (Å²) in [6.45, 7) is 2.13. The van der Waals surface area contributed by atoms with E-state index in [1.165, 1.54) is 23.7 Å². The van der Waals surface area contributed by atoms with E-state index in [9.17, 15) is 18.0 Å². The van der Waals surface area contributed by atoms with Crippen LogP contribution < -0.4 is 20.7 Å². The summed E-state index contributed by atoms with van der Waals surface area (Å²) in [5, 5.41) is 18.1. The highest BCUT2D eigenvalue weighted by Crippen LogP contribution is 2.37. The third-order valence-electron chi connectivity index (χ3n) is 6.90. The average Bonchev–Trinajstić information content (AvgIpc) is 3.71. The van der Waals surface area contributed by atoms with Gasteiger partial charge in [-0.25, -0.2) is 8.42 Å². The Balaban J connectivity index is 1.38. The molecule has 1 aromatic carbocycles. The smallest absolute Gasteiger partial charge is 0.272 e. The molecule has 2 amide bonds. The monoisotopic (exact) mass is 615 g/mol. The van der Waals surface area contributed by atoms with Crippen LogP contribution in [0.3, 0.4) is 0 Å². The number of sulfonamides is 1. The predicted octanol–water partition coefficient (Wildman–Crippen LogP) is -0.449. The summed E-state index contributed by atoms with van der Waals surface area (Å²) in [5.74, 6) is -0.0693. The van der Waals surface area contributed by atoms with Crippen molar-refractivity contribution in [1.29, 1.82) is 0 Å². The summed E-state index contributed by atoms with van der Waals surface area (Å²) in [5.41, 5.74) is 0.819. The Morgan fingerprint density at radius 2 is 1.84 bits per heavy atom. The molecular weight excluding hydrogens is 587 g/mol. The van der Waals surface area contributed by atoms with Crippen molar-refractivity contribution < 1.29 is 27.3 Å². The number of amides is 2. The second-order valence-corrected chi connectivity index (χ2v) is 12.6. The van der Waals surface area contributed by atoms with E-state index in [2.05, 4.69) is 36.3 Å². The number of carbonyl (C=O) groups is 2. The third-order valence-corrected chi connectivity index (χ3v) is 8.20. The Labute approximate surface area is 258 Å². The molecule has 2 aromatic heterocycles. The predicted molar refractivity (Wildman–Crippen MR) is 162 cm³/mol. The number of aromatic nitrogens is 4. The number of nitrogens with one attached hydrogen (secondary N) is 3. The van der Waals surface area contributed by atoms with Gasteiger partial charge in [0.05, 0.1) is 60.4 Å². The minimum absolute atomic E-state index is 0.0859. The summed E-state index contributed by atoms with van der Waals surface area (Å²) in [7, 11) is 14.9. The van der Waals surface area contributed by atoms with E-state index in [0.29, 0.717) is 55.6 Å². The topological polar surface area (TPSA) is 185 Å². The molecular formula is C25H28B3N9O6S. The van der Waals surface area contributed by atoms with E-state index in [1.807, 2.05) is 4.90 Å². The van der Waals surface area contributed by atoms with Crippen LogP contribution in [0, 0.1) is 5.92 Å². The van der Waals surface area contributed by atoms with Crippen molar-refractivity contribution in [3.05, 3.63) is 35.9 Å². The normalized spacial score (nSPS) is 16.3. The highest BCUT2D eigenvalue weighted by atomic mass is 32.2. The molecule has 0 spiro atoms. The van der Waals surface area contributed by atoms with E-state index in [0.717, 1.165) is 12.8 Å². The molecule has 3 aromatic rings. The van der Waals surface area contributed by atoms with E-state index in [4.69, 9.17) is 32.8 Å². The number of methoxy groups -OCH3 is 1. The molecule has 3 heterocycles. The van der Waals surface area contributed by atoms with Crippen LogP contribution in [0.5, 0.6) is 5.75 Å². The number of benzene rings is 1. The molecule has 2 aliphatic rings. The van der Waals surface area contributed by atoms with Crippen molar-refractivity contribution in [2.24, 2.45) is 5.92 Å². The maximum atomic E-state index is 12.9. The first kappa shape index (κ1) is 31.5. The van der Waals surface area contributed by atoms with Crippen LogP contribution in [0.1, 0.15) is 29.2 Å². The number of rotatable bonds is 11. The summed E-state index contributed by atoms with van der Waals surface area (Å²) in [4.78, 5) is 31.8. The average molecular weight is 615 g/mol. The van der Waals surface area contributed by atoms with Gasteiger partial charge in [0.25, 0.3) is 5.91 Å². The Morgan fingerprint density at radius 3 is 2.48 bits per heavy atom. The van der Waals surface area contributed by atoms with E-state index < -0.39 is 21.2 Å². The molecule has 19 heteroatoms. The molecule has 0 bridgehead atoms. The summed E-state index contributed by atoms with van der Waals surface area (Å²) < 4.78 is 36.2. The van der Waals surface area contributed by atoms with Gasteiger partial charge in [0.2, 0.25) is 27.6 Å². The Morgan fingerprint density at radius 1 is 1.11 bits per heavy atom. The van der Waals surface area contributed by atoms with Gasteiger partial charge in [-0.05, 0) is 25.0 Å². The minimum atomic E-state index is -3.24. The lowest BCUT2D eigenvalue weighted by Gasteiger charge is -2.32. The van der Waals surface area contributed by atoms with Crippen molar-refractivity contribution >= 4 is 62.6 Å². The first-order valence-electron chi connectivity index (χ1n) is 13.6. The van der Waals surface area contributed by atoms with Gasteiger partial charge in [0.15, 0.2) is 17.3 Å². The van der Waals surface area contributed by atoms with Crippen molar-refractivity contribution in [2.75, 3.05) is 50.2 Å². The van der Waals surface area contributed by atoms with Crippen LogP contribution in [0.15, 0.2) is 28.8 Å². The quantitative estimate of drug-likeness (QED) is 0.237. The molecule has 15 nitrogen and oxygen atoms in total. The van der Waals surface area contributed by atoms with Crippen LogP contribution in [0.2, 0.25) is 0 Å². The number of anilines is 3. The van der Waals surface area contributed by atoms with Gasteiger partial charge >= 0.3 is 0 Å². The molecule has 1 saturated heterocycles. The Hall–Kier alpha value is -3.96. The zero-order chi connectivity index (χ0) is 31.6. The number of piperazine rings is 1. The highest BCUT2D eigenvalue weighted by molar-refractivity contribution is 7.88. The van der Waals surface area contributed by atoms with Crippen LogP contribution in [-0.2, 0) is 21.4 Å². The first-order valence-corrected chi connectivity index (χ1v) is 15.5. The number of nitrogens with zero attached hydrogens (tertiary/aromatic N) is 6. The fraction of sp³-hybridized carbons (Fsp3) is 0.440. The molecule has 2 fully saturated rings. The van der Waals surface area contributed by atoms with Crippen LogP contribution >= 0.6 is 0 Å². The largest absolute Gasteiger partial charge is 0.494 e. The standard InChI is InChI=1S/C25H28B3N9O6S/c1-42-21-15(22-31-19(43-35-22)13-36-8-10-37(11-9-36)44(2,40)41)4-3-5-16(21)29-17-12-18(30-23(38)14-6-7-14)33-34-20(17)24(39)32-25(26,27)28/h3-5,12,14H,6-11,13H2,1-2H3,(H,32,39)(H2,29,30,33,38). The molecule has 1 aliphatic carbocycles. The zero-order valence-corrected chi connectivity index (χ0v) is 24.9. The van der Waals surface area contributed by atoms with Gasteiger partial charge in [-0.1, -0.05) is 16.5 Å². The lowest BCUT2D eigenvalue weighted by Crippen LogP contribution is -2.50. The van der Waals surface area contributed by atoms with Gasteiger partial charge in [0.1, 0.15) is 0 Å². The lowest BCUT2D eigenvalue weighted by atomic mass is 9.49. The van der Waals surface area contributed by atoms with E-state index >= 15 is 0 Å². The number of para-hydroxylation sites is 1. The third kappa shape index (κ3) is 7.76. The molecule has 1 aliphatic heterocycles.